The Morgan fingerprint density at radius 1 is 1.12 bits per heavy atom. The van der Waals surface area contributed by atoms with Gasteiger partial charge < -0.3 is 25.2 Å². The number of aromatic nitrogens is 2. The molecule has 9 nitrogen and oxygen atoms in total. The molecule has 0 bridgehead atoms. The van der Waals surface area contributed by atoms with Crippen molar-refractivity contribution in [1.29, 1.82) is 0 Å². The van der Waals surface area contributed by atoms with Crippen molar-refractivity contribution in [2.75, 3.05) is 49.6 Å². The van der Waals surface area contributed by atoms with E-state index < -0.39 is 0 Å². The number of morpholine rings is 1. The van der Waals surface area contributed by atoms with Gasteiger partial charge in [0.15, 0.2) is 5.82 Å². The lowest BCUT2D eigenvalue weighted by atomic mass is 10.0. The van der Waals surface area contributed by atoms with E-state index in [1.165, 1.54) is 0 Å². The molecule has 32 heavy (non-hydrogen) atoms. The molecule has 0 radical (unpaired) electrons. The van der Waals surface area contributed by atoms with Crippen LogP contribution in [0.4, 0.5) is 16.3 Å². The average Bonchev–Trinajstić information content (AvgIpc) is 2.80. The Morgan fingerprint density at radius 2 is 1.84 bits per heavy atom. The van der Waals surface area contributed by atoms with E-state index >= 15 is 0 Å². The summed E-state index contributed by atoms with van der Waals surface area (Å²) >= 11 is 0. The van der Waals surface area contributed by atoms with Crippen molar-refractivity contribution >= 4 is 23.4 Å². The minimum absolute atomic E-state index is 0.0473. The number of amides is 3. The minimum atomic E-state index is -0.251. The second-order valence-corrected chi connectivity index (χ2v) is 8.20. The predicted octanol–water partition coefficient (Wildman–Crippen LogP) is 2.53. The number of hydrogen-bond donors (Lipinski definition) is 2. The molecule has 3 amide bonds. The third-order valence-electron chi connectivity index (χ3n) is 5.72. The summed E-state index contributed by atoms with van der Waals surface area (Å²) in [7, 11) is 0. The van der Waals surface area contributed by atoms with Crippen LogP contribution in [0.25, 0.3) is 11.4 Å². The number of anilines is 2. The van der Waals surface area contributed by atoms with Crippen molar-refractivity contribution in [1.82, 2.24) is 20.2 Å². The number of hydrogen-bond acceptors (Lipinski definition) is 6. The van der Waals surface area contributed by atoms with Crippen LogP contribution >= 0.6 is 0 Å². The van der Waals surface area contributed by atoms with E-state index in [1.807, 2.05) is 49.9 Å². The van der Waals surface area contributed by atoms with Gasteiger partial charge in [-0.05, 0) is 51.5 Å². The van der Waals surface area contributed by atoms with Crippen LogP contribution < -0.4 is 15.5 Å². The van der Waals surface area contributed by atoms with E-state index in [2.05, 4.69) is 15.5 Å². The number of carbonyl (C=O) groups excluding carboxylic acids is 2. The van der Waals surface area contributed by atoms with E-state index in [1.54, 1.807) is 0 Å². The highest BCUT2D eigenvalue weighted by Gasteiger charge is 2.32. The molecule has 3 heterocycles. The standard InChI is InChI=1S/C23H30N6O3/c1-4-24-23(31)25-17-7-5-16(6-8-17)20-26-19-18(9-10-29(15(2)3)22(19)30)21(27-20)28-11-13-32-14-12-28/h5-8,15H,4,9-14H2,1-3H3,(H2,24,25,31). The van der Waals surface area contributed by atoms with Crippen LogP contribution in [0.1, 0.15) is 36.8 Å². The molecule has 2 aliphatic heterocycles. The highest BCUT2D eigenvalue weighted by Crippen LogP contribution is 2.31. The van der Waals surface area contributed by atoms with Crippen molar-refractivity contribution in [2.45, 2.75) is 33.2 Å². The Morgan fingerprint density at radius 3 is 2.50 bits per heavy atom. The van der Waals surface area contributed by atoms with E-state index in [0.29, 0.717) is 43.5 Å². The molecular formula is C23H30N6O3. The van der Waals surface area contributed by atoms with Gasteiger partial charge in [0.05, 0.1) is 13.2 Å². The van der Waals surface area contributed by atoms with Crippen LogP contribution in [-0.4, -0.2) is 72.2 Å². The topological polar surface area (TPSA) is 99.7 Å². The molecule has 4 rings (SSSR count). The molecule has 1 saturated heterocycles. The maximum absolute atomic E-state index is 13.3. The van der Waals surface area contributed by atoms with E-state index in [9.17, 15) is 9.59 Å². The first kappa shape index (κ1) is 22.0. The van der Waals surface area contributed by atoms with E-state index in [-0.39, 0.29) is 18.0 Å². The summed E-state index contributed by atoms with van der Waals surface area (Å²) in [6.45, 7) is 9.89. The van der Waals surface area contributed by atoms with Crippen LogP contribution in [0.2, 0.25) is 0 Å². The second kappa shape index (κ2) is 9.52. The molecule has 2 N–H and O–H groups in total. The number of ether oxygens (including phenoxy) is 1. The van der Waals surface area contributed by atoms with Gasteiger partial charge in [-0.1, -0.05) is 0 Å². The predicted molar refractivity (Wildman–Crippen MR) is 123 cm³/mol. The van der Waals surface area contributed by atoms with Crippen LogP contribution in [0.5, 0.6) is 0 Å². The summed E-state index contributed by atoms with van der Waals surface area (Å²) in [5, 5.41) is 5.49. The second-order valence-electron chi connectivity index (χ2n) is 8.20. The third-order valence-corrected chi connectivity index (χ3v) is 5.72. The lowest BCUT2D eigenvalue weighted by molar-refractivity contribution is 0.0681. The highest BCUT2D eigenvalue weighted by atomic mass is 16.5. The van der Waals surface area contributed by atoms with Crippen molar-refractivity contribution < 1.29 is 14.3 Å². The summed E-state index contributed by atoms with van der Waals surface area (Å²) in [6, 6.07) is 7.20. The molecule has 2 aliphatic rings. The Labute approximate surface area is 188 Å². The monoisotopic (exact) mass is 438 g/mol. The minimum Gasteiger partial charge on any atom is -0.378 e. The molecular weight excluding hydrogens is 408 g/mol. The van der Waals surface area contributed by atoms with Gasteiger partial charge in [0.2, 0.25) is 0 Å². The highest BCUT2D eigenvalue weighted by molar-refractivity contribution is 5.97. The zero-order chi connectivity index (χ0) is 22.7. The third kappa shape index (κ3) is 4.52. The maximum atomic E-state index is 13.3. The molecule has 1 fully saturated rings. The van der Waals surface area contributed by atoms with Gasteiger partial charge in [0.25, 0.3) is 5.91 Å². The number of rotatable bonds is 5. The van der Waals surface area contributed by atoms with Gasteiger partial charge in [0.1, 0.15) is 11.5 Å². The number of nitrogens with one attached hydrogen (secondary N) is 2. The molecule has 0 unspecified atom stereocenters. The Bertz CT molecular complexity index is 986. The first-order valence-electron chi connectivity index (χ1n) is 11.2. The van der Waals surface area contributed by atoms with Crippen molar-refractivity contribution in [3.63, 3.8) is 0 Å². The molecule has 1 aromatic carbocycles. The number of fused-ring (bicyclic) bond motifs is 1. The summed E-state index contributed by atoms with van der Waals surface area (Å²) in [5.41, 5.74) is 2.87. The van der Waals surface area contributed by atoms with Gasteiger partial charge in [0, 0.05) is 49.0 Å². The van der Waals surface area contributed by atoms with Crippen LogP contribution in [-0.2, 0) is 11.2 Å². The number of urea groups is 1. The normalized spacial score (nSPS) is 16.2. The number of benzene rings is 1. The molecule has 9 heteroatoms. The molecule has 0 atom stereocenters. The average molecular weight is 439 g/mol. The molecule has 170 valence electrons. The maximum Gasteiger partial charge on any atom is 0.319 e. The fourth-order valence-electron chi connectivity index (χ4n) is 4.05. The van der Waals surface area contributed by atoms with Gasteiger partial charge in [-0.3, -0.25) is 4.79 Å². The largest absolute Gasteiger partial charge is 0.378 e. The zero-order valence-electron chi connectivity index (χ0n) is 18.9. The summed E-state index contributed by atoms with van der Waals surface area (Å²) in [5.74, 6) is 1.29. The SMILES string of the molecule is CCNC(=O)Nc1ccc(-c2nc3c(c(N4CCOCC4)n2)CCN(C(C)C)C3=O)cc1. The first-order chi connectivity index (χ1) is 15.5. The van der Waals surface area contributed by atoms with Gasteiger partial charge in [-0.2, -0.15) is 0 Å². The quantitative estimate of drug-likeness (QED) is 0.744. The fraction of sp³-hybridized carbons (Fsp3) is 0.478. The first-order valence-corrected chi connectivity index (χ1v) is 11.2. The Kier molecular flexibility index (Phi) is 6.55. The Hall–Kier alpha value is -3.20. The summed E-state index contributed by atoms with van der Waals surface area (Å²) in [6.07, 6.45) is 0.738. The molecule has 0 saturated carbocycles. The van der Waals surface area contributed by atoms with Crippen molar-refractivity contribution in [3.05, 3.63) is 35.5 Å². The molecule has 0 spiro atoms. The lowest BCUT2D eigenvalue weighted by Crippen LogP contribution is -2.44. The number of carbonyl (C=O) groups is 2. The fourth-order valence-corrected chi connectivity index (χ4v) is 4.05. The molecule has 0 aliphatic carbocycles. The van der Waals surface area contributed by atoms with Crippen LogP contribution in [0.15, 0.2) is 24.3 Å². The molecule has 1 aromatic heterocycles. The smallest absolute Gasteiger partial charge is 0.319 e. The van der Waals surface area contributed by atoms with Crippen LogP contribution in [0.3, 0.4) is 0 Å². The molecule has 2 aromatic rings. The summed E-state index contributed by atoms with van der Waals surface area (Å²) < 4.78 is 5.51. The van der Waals surface area contributed by atoms with Gasteiger partial charge in [-0.15, -0.1) is 0 Å². The van der Waals surface area contributed by atoms with Crippen molar-refractivity contribution in [2.24, 2.45) is 0 Å². The lowest BCUT2D eigenvalue weighted by Gasteiger charge is -2.35. The van der Waals surface area contributed by atoms with Crippen molar-refractivity contribution in [3.8, 4) is 11.4 Å². The summed E-state index contributed by atoms with van der Waals surface area (Å²) in [4.78, 5) is 38.7. The number of nitrogens with zero attached hydrogens (tertiary/aromatic N) is 4. The Balaban J connectivity index is 1.71. The van der Waals surface area contributed by atoms with Gasteiger partial charge >= 0.3 is 6.03 Å². The van der Waals surface area contributed by atoms with E-state index in [4.69, 9.17) is 14.7 Å². The van der Waals surface area contributed by atoms with E-state index in [0.717, 1.165) is 36.5 Å². The van der Waals surface area contributed by atoms with Gasteiger partial charge in [-0.25, -0.2) is 14.8 Å². The van der Waals surface area contributed by atoms with Crippen LogP contribution in [0, 0.1) is 0 Å². The zero-order valence-corrected chi connectivity index (χ0v) is 18.9.